The number of hydrogen-bond donors (Lipinski definition) is 1. The van der Waals surface area contributed by atoms with E-state index in [-0.39, 0.29) is 89.2 Å². The van der Waals surface area contributed by atoms with Gasteiger partial charge in [-0.25, -0.2) is 13.6 Å². The fraction of sp³-hybridized carbons (Fsp3) is 0.250. The molecule has 2 aromatic heterocycles. The molecule has 11 nitrogen and oxygen atoms in total. The molecule has 3 aromatic rings. The van der Waals surface area contributed by atoms with E-state index in [1.165, 1.54) is 33.5 Å². The normalized spacial score (nSPS) is 12.5. The summed E-state index contributed by atoms with van der Waals surface area (Å²) in [6, 6.07) is 2.87. The minimum Gasteiger partial charge on any atom is -0.545 e. The third-order valence-electron chi connectivity index (χ3n) is 6.34. The fourth-order valence-corrected chi connectivity index (χ4v) is 4.29. The molecule has 4 rings (SSSR count). The number of nitrogens with one attached hydrogen (secondary N) is 1. The number of carbonyl (C=O) groups is 3. The first-order chi connectivity index (χ1) is 19.6. The van der Waals surface area contributed by atoms with Crippen LogP contribution in [0.1, 0.15) is 35.2 Å². The standard InChI is InChI=1S/C28H25F2N3O8.Na/c1-40-24-22-26(36)32(9-4-12-41-28(39)19-6-3-2-5-18(19)27(37)38)10-11-33(22)15-20(23(24)34)25(35)31-14-16-7-8-17(29)13-21(16)30;/h5-8,10-11,13,15H,2-4,9,12,14H2,1H3,(H,31,35)(H,37,38);/q;+1/p-1. The van der Waals surface area contributed by atoms with Crippen molar-refractivity contribution in [2.24, 2.45) is 0 Å². The average molecular weight is 591 g/mol. The number of fused-ring (bicyclic) bond motifs is 1. The predicted molar refractivity (Wildman–Crippen MR) is 138 cm³/mol. The van der Waals surface area contributed by atoms with Gasteiger partial charge in [0.15, 0.2) is 11.3 Å². The third kappa shape index (κ3) is 7.04. The fourth-order valence-electron chi connectivity index (χ4n) is 4.29. The van der Waals surface area contributed by atoms with E-state index in [0.29, 0.717) is 18.9 Å². The molecule has 1 aromatic carbocycles. The number of carbonyl (C=O) groups excluding carboxylic acids is 3. The first-order valence-electron chi connectivity index (χ1n) is 12.5. The Labute approximate surface area is 259 Å². The van der Waals surface area contributed by atoms with Gasteiger partial charge in [-0.3, -0.25) is 14.4 Å². The zero-order valence-corrected chi connectivity index (χ0v) is 24.8. The number of carboxylic acid groups (broad SMARTS) is 1. The zero-order valence-electron chi connectivity index (χ0n) is 22.8. The molecule has 42 heavy (non-hydrogen) atoms. The molecule has 214 valence electrons. The van der Waals surface area contributed by atoms with Crippen molar-refractivity contribution in [2.75, 3.05) is 13.7 Å². The van der Waals surface area contributed by atoms with Gasteiger partial charge < -0.3 is 33.7 Å². The van der Waals surface area contributed by atoms with Crippen LogP contribution >= 0.6 is 0 Å². The van der Waals surface area contributed by atoms with Gasteiger partial charge in [0.25, 0.3) is 11.5 Å². The molecule has 0 fully saturated rings. The van der Waals surface area contributed by atoms with Gasteiger partial charge in [0, 0.05) is 48.9 Å². The zero-order chi connectivity index (χ0) is 29.7. The quantitative estimate of drug-likeness (QED) is 0.162. The Morgan fingerprint density at radius 2 is 1.79 bits per heavy atom. The second-order valence-electron chi connectivity index (χ2n) is 8.97. The summed E-state index contributed by atoms with van der Waals surface area (Å²) in [5.74, 6) is -5.17. The molecule has 14 heteroatoms. The molecular formula is C28H24F2N3NaO8. The van der Waals surface area contributed by atoms with Crippen LogP contribution in [-0.4, -0.2) is 40.5 Å². The number of methoxy groups -OCH3 is 1. The number of nitrogens with zero attached hydrogens (tertiary/aromatic N) is 2. The third-order valence-corrected chi connectivity index (χ3v) is 6.34. The maximum absolute atomic E-state index is 13.9. The van der Waals surface area contributed by atoms with E-state index in [1.54, 1.807) is 0 Å². The summed E-state index contributed by atoms with van der Waals surface area (Å²) in [4.78, 5) is 62.5. The molecule has 0 radical (unpaired) electrons. The number of amides is 1. The monoisotopic (exact) mass is 591 g/mol. The number of ether oxygens (including phenoxy) is 2. The molecular weight excluding hydrogens is 567 g/mol. The van der Waals surface area contributed by atoms with Crippen molar-refractivity contribution in [3.8, 4) is 5.75 Å². The predicted octanol–water partition coefficient (Wildman–Crippen LogP) is -1.99. The number of rotatable bonds is 10. The van der Waals surface area contributed by atoms with Crippen molar-refractivity contribution in [3.05, 3.63) is 103 Å². The molecule has 1 amide bonds. The Morgan fingerprint density at radius 1 is 1.07 bits per heavy atom. The van der Waals surface area contributed by atoms with Crippen molar-refractivity contribution in [1.29, 1.82) is 0 Å². The van der Waals surface area contributed by atoms with Crippen LogP contribution in [0.4, 0.5) is 8.78 Å². The molecule has 0 bridgehead atoms. The maximum atomic E-state index is 13.9. The van der Waals surface area contributed by atoms with Crippen molar-refractivity contribution >= 4 is 23.4 Å². The second-order valence-corrected chi connectivity index (χ2v) is 8.97. The van der Waals surface area contributed by atoms with Crippen LogP contribution in [0, 0.1) is 11.6 Å². The van der Waals surface area contributed by atoms with Crippen LogP contribution < -0.4 is 55.7 Å². The van der Waals surface area contributed by atoms with Crippen molar-refractivity contribution < 1.29 is 67.3 Å². The first kappa shape index (κ1) is 32.4. The average Bonchev–Trinajstić information content (AvgIpc) is 2.95. The Kier molecular flexibility index (Phi) is 11.0. The SMILES string of the molecule is COc1c(=O)c(C(=O)NCc2ccc(F)cc2F)cn2ccn(CCCOC(=O)C3=CCCC=C3C(=O)[O-])c(=O)c12.[Na+]. The van der Waals surface area contributed by atoms with E-state index in [4.69, 9.17) is 9.47 Å². The summed E-state index contributed by atoms with van der Waals surface area (Å²) in [5.41, 5.74) is -2.29. The molecule has 0 saturated heterocycles. The van der Waals surface area contributed by atoms with Crippen LogP contribution in [0.3, 0.4) is 0 Å². The molecule has 2 heterocycles. The molecule has 0 spiro atoms. The summed E-state index contributed by atoms with van der Waals surface area (Å²) in [7, 11) is 1.16. The summed E-state index contributed by atoms with van der Waals surface area (Å²) in [6.45, 7) is -0.358. The van der Waals surface area contributed by atoms with Crippen molar-refractivity contribution in [2.45, 2.75) is 32.4 Å². The Hall–Kier alpha value is -4.07. The summed E-state index contributed by atoms with van der Waals surface area (Å²) < 4.78 is 39.9. The van der Waals surface area contributed by atoms with Gasteiger partial charge in [-0.2, -0.15) is 0 Å². The largest absolute Gasteiger partial charge is 1.00 e. The molecule has 0 unspecified atom stereocenters. The number of carboxylic acids is 1. The van der Waals surface area contributed by atoms with Crippen LogP contribution in [-0.2, 0) is 27.4 Å². The van der Waals surface area contributed by atoms with Crippen molar-refractivity contribution in [3.63, 3.8) is 0 Å². The van der Waals surface area contributed by atoms with Crippen LogP contribution in [0.15, 0.2) is 69.7 Å². The summed E-state index contributed by atoms with van der Waals surface area (Å²) in [5, 5.41) is 13.6. The van der Waals surface area contributed by atoms with Crippen LogP contribution in [0.2, 0.25) is 0 Å². The number of aryl methyl sites for hydroxylation is 1. The van der Waals surface area contributed by atoms with Crippen LogP contribution in [0.5, 0.6) is 5.75 Å². The van der Waals surface area contributed by atoms with Gasteiger partial charge in [0.2, 0.25) is 5.43 Å². The Bertz CT molecular complexity index is 1730. The topological polar surface area (TPSA) is 148 Å². The van der Waals surface area contributed by atoms with Gasteiger partial charge in [-0.05, 0) is 25.3 Å². The number of aromatic nitrogens is 2. The van der Waals surface area contributed by atoms with Gasteiger partial charge >= 0.3 is 35.5 Å². The van der Waals surface area contributed by atoms with E-state index in [9.17, 15) is 37.9 Å². The van der Waals surface area contributed by atoms with E-state index >= 15 is 0 Å². The Morgan fingerprint density at radius 3 is 2.45 bits per heavy atom. The van der Waals surface area contributed by atoms with E-state index in [2.05, 4.69) is 5.32 Å². The number of halogens is 2. The molecule has 0 atom stereocenters. The molecule has 0 aliphatic heterocycles. The van der Waals surface area contributed by atoms with Crippen molar-refractivity contribution in [1.82, 2.24) is 14.3 Å². The van der Waals surface area contributed by atoms with E-state index < -0.39 is 40.5 Å². The number of esters is 1. The minimum atomic E-state index is -1.47. The van der Waals surface area contributed by atoms with E-state index in [1.807, 2.05) is 0 Å². The molecule has 1 aliphatic carbocycles. The summed E-state index contributed by atoms with van der Waals surface area (Å²) >= 11 is 0. The van der Waals surface area contributed by atoms with Crippen LogP contribution in [0.25, 0.3) is 5.52 Å². The second kappa shape index (κ2) is 14.2. The minimum absolute atomic E-state index is 0. The molecule has 1 aliphatic rings. The summed E-state index contributed by atoms with van der Waals surface area (Å²) in [6.07, 6.45) is 7.99. The maximum Gasteiger partial charge on any atom is 1.00 e. The number of benzene rings is 1. The van der Waals surface area contributed by atoms with Gasteiger partial charge in [0.05, 0.1) is 25.3 Å². The molecule has 1 N–H and O–H groups in total. The van der Waals surface area contributed by atoms with E-state index in [0.717, 1.165) is 25.4 Å². The smallest absolute Gasteiger partial charge is 0.545 e. The number of hydrogen-bond acceptors (Lipinski definition) is 8. The van der Waals surface area contributed by atoms with Gasteiger partial charge in [-0.15, -0.1) is 0 Å². The number of allylic oxidation sites excluding steroid dienone is 2. The Balaban J connectivity index is 0.00000484. The number of pyridine rings is 1. The van der Waals surface area contributed by atoms with Gasteiger partial charge in [-0.1, -0.05) is 18.2 Å². The first-order valence-corrected chi connectivity index (χ1v) is 12.5. The number of aliphatic carboxylic acids is 1. The molecule has 0 saturated carbocycles. The van der Waals surface area contributed by atoms with Gasteiger partial charge in [0.1, 0.15) is 17.2 Å².